The maximum absolute atomic E-state index is 6.06. The van der Waals surface area contributed by atoms with Gasteiger partial charge in [0, 0.05) is 16.8 Å². The molecule has 0 saturated carbocycles. The van der Waals surface area contributed by atoms with Crippen LogP contribution < -0.4 is 5.73 Å². The van der Waals surface area contributed by atoms with Crippen LogP contribution in [-0.4, -0.2) is 19.3 Å². The zero-order chi connectivity index (χ0) is 13.6. The lowest BCUT2D eigenvalue weighted by molar-refractivity contribution is 0.722. The Labute approximate surface area is 115 Å². The topological polar surface area (TPSA) is 61.7 Å². The molecule has 0 saturated heterocycles. The summed E-state index contributed by atoms with van der Waals surface area (Å²) < 4.78 is 3.91. The van der Waals surface area contributed by atoms with Crippen LogP contribution >= 0.6 is 11.3 Å². The number of nitrogens with two attached hydrogens (primary N) is 1. The lowest BCUT2D eigenvalue weighted by atomic mass is 10.3. The van der Waals surface area contributed by atoms with Crippen LogP contribution in [0.3, 0.4) is 0 Å². The monoisotopic (exact) mass is 275 g/mol. The third-order valence-corrected chi connectivity index (χ3v) is 4.25. The van der Waals surface area contributed by atoms with Crippen molar-refractivity contribution in [2.75, 3.05) is 5.73 Å². The van der Waals surface area contributed by atoms with Gasteiger partial charge in [-0.25, -0.2) is 4.98 Å². The van der Waals surface area contributed by atoms with Gasteiger partial charge in [0.1, 0.15) is 5.52 Å². The number of imidazole rings is 1. The lowest BCUT2D eigenvalue weighted by Crippen LogP contribution is -2.07. The van der Waals surface area contributed by atoms with Crippen LogP contribution in [0.1, 0.15) is 22.4 Å². The summed E-state index contributed by atoms with van der Waals surface area (Å²) in [5, 5.41) is 4.50. The Balaban J connectivity index is 2.12. The minimum atomic E-state index is 0.559. The summed E-state index contributed by atoms with van der Waals surface area (Å²) in [5.41, 5.74) is 8.99. The first kappa shape index (κ1) is 12.2. The molecule has 5 nitrogen and oxygen atoms in total. The average molecular weight is 275 g/mol. The van der Waals surface area contributed by atoms with Gasteiger partial charge < -0.3 is 5.73 Å². The van der Waals surface area contributed by atoms with Crippen molar-refractivity contribution in [3.05, 3.63) is 27.6 Å². The molecular weight excluding hydrogens is 258 g/mol. The van der Waals surface area contributed by atoms with Crippen LogP contribution in [0.15, 0.2) is 12.1 Å². The molecule has 0 unspecified atom stereocenters. The Bertz CT molecular complexity index is 734. The van der Waals surface area contributed by atoms with Crippen molar-refractivity contribution in [1.29, 1.82) is 0 Å². The van der Waals surface area contributed by atoms with Crippen LogP contribution in [0.25, 0.3) is 11.2 Å². The van der Waals surface area contributed by atoms with Gasteiger partial charge in [0.25, 0.3) is 0 Å². The molecule has 3 rings (SSSR count). The first-order valence-electron chi connectivity index (χ1n) is 6.33. The molecule has 0 atom stereocenters. The highest BCUT2D eigenvalue weighted by Gasteiger charge is 2.17. The van der Waals surface area contributed by atoms with Gasteiger partial charge in [0.15, 0.2) is 5.65 Å². The predicted molar refractivity (Wildman–Crippen MR) is 78.4 cm³/mol. The quantitative estimate of drug-likeness (QED) is 0.798. The third kappa shape index (κ3) is 1.92. The molecular formula is C13H17N5S. The Morgan fingerprint density at radius 3 is 2.79 bits per heavy atom. The molecule has 0 aliphatic carbocycles. The molecule has 2 N–H and O–H groups in total. The van der Waals surface area contributed by atoms with E-state index in [4.69, 9.17) is 5.73 Å². The Hall–Kier alpha value is -1.82. The number of aryl methyl sites for hydroxylation is 3. The zero-order valence-corrected chi connectivity index (χ0v) is 12.2. The molecule has 0 fully saturated rings. The summed E-state index contributed by atoms with van der Waals surface area (Å²) >= 11 is 1.79. The molecule has 0 aromatic carbocycles. The summed E-state index contributed by atoms with van der Waals surface area (Å²) in [6.45, 7) is 4.95. The van der Waals surface area contributed by atoms with E-state index in [0.717, 1.165) is 29.8 Å². The maximum Gasteiger partial charge on any atom is 0.202 e. The summed E-state index contributed by atoms with van der Waals surface area (Å²) in [6, 6.07) is 4.27. The predicted octanol–water partition coefficient (Wildman–Crippen LogP) is 2.33. The Morgan fingerprint density at radius 1 is 1.37 bits per heavy atom. The average Bonchev–Trinajstić information content (AvgIpc) is 3.00. The first-order valence-corrected chi connectivity index (χ1v) is 7.14. The lowest BCUT2D eigenvalue weighted by Gasteiger charge is -2.04. The fraction of sp³-hybridized carbons (Fsp3) is 0.385. The van der Waals surface area contributed by atoms with Crippen molar-refractivity contribution >= 4 is 28.4 Å². The van der Waals surface area contributed by atoms with E-state index in [9.17, 15) is 0 Å². The van der Waals surface area contributed by atoms with E-state index >= 15 is 0 Å². The molecule has 6 heteroatoms. The number of hydrogen-bond acceptors (Lipinski definition) is 4. The van der Waals surface area contributed by atoms with Gasteiger partial charge in [-0.1, -0.05) is 6.92 Å². The fourth-order valence-electron chi connectivity index (χ4n) is 2.38. The summed E-state index contributed by atoms with van der Waals surface area (Å²) in [6.07, 6.45) is 0.867. The number of anilines is 1. The van der Waals surface area contributed by atoms with E-state index in [1.165, 1.54) is 9.75 Å². The summed E-state index contributed by atoms with van der Waals surface area (Å²) in [7, 11) is 1.94. The summed E-state index contributed by atoms with van der Waals surface area (Å²) in [4.78, 5) is 7.06. The number of fused-ring (bicyclic) bond motifs is 1. The smallest absolute Gasteiger partial charge is 0.202 e. The van der Waals surface area contributed by atoms with Gasteiger partial charge >= 0.3 is 0 Å². The van der Waals surface area contributed by atoms with Crippen LogP contribution in [0.2, 0.25) is 0 Å². The van der Waals surface area contributed by atoms with Gasteiger partial charge in [-0.2, -0.15) is 5.10 Å². The molecule has 3 aromatic heterocycles. The van der Waals surface area contributed by atoms with Crippen molar-refractivity contribution < 1.29 is 0 Å². The van der Waals surface area contributed by atoms with Gasteiger partial charge in [-0.15, -0.1) is 11.3 Å². The second-order valence-electron chi connectivity index (χ2n) is 4.66. The molecule has 19 heavy (non-hydrogen) atoms. The number of hydrogen-bond donors (Lipinski definition) is 1. The summed E-state index contributed by atoms with van der Waals surface area (Å²) in [5.74, 6) is 0.559. The van der Waals surface area contributed by atoms with Gasteiger partial charge in [0.05, 0.1) is 12.2 Å². The van der Waals surface area contributed by atoms with E-state index in [2.05, 4.69) is 36.1 Å². The SMILES string of the molecule is CCc1nn(C)c2c1nc(N)n2Cc1ccc(C)s1. The normalized spacial score (nSPS) is 11.5. The molecule has 100 valence electrons. The van der Waals surface area contributed by atoms with E-state index in [1.54, 1.807) is 11.3 Å². The highest BCUT2D eigenvalue weighted by atomic mass is 32.1. The first-order chi connectivity index (χ1) is 9.10. The second-order valence-corrected chi connectivity index (χ2v) is 6.04. The molecule has 0 aliphatic heterocycles. The molecule has 0 amide bonds. The largest absolute Gasteiger partial charge is 0.369 e. The van der Waals surface area contributed by atoms with Crippen LogP contribution in [0.5, 0.6) is 0 Å². The number of nitrogens with zero attached hydrogens (tertiary/aromatic N) is 4. The van der Waals surface area contributed by atoms with Gasteiger partial charge in [0.2, 0.25) is 5.95 Å². The third-order valence-electron chi connectivity index (χ3n) is 3.27. The van der Waals surface area contributed by atoms with Crippen molar-refractivity contribution in [3.63, 3.8) is 0 Å². The van der Waals surface area contributed by atoms with Crippen LogP contribution in [0, 0.1) is 6.92 Å². The number of thiophene rings is 1. The van der Waals surface area contributed by atoms with E-state index in [-0.39, 0.29) is 0 Å². The minimum Gasteiger partial charge on any atom is -0.369 e. The van der Waals surface area contributed by atoms with E-state index < -0.39 is 0 Å². The van der Waals surface area contributed by atoms with E-state index in [1.807, 2.05) is 16.3 Å². The van der Waals surface area contributed by atoms with E-state index in [0.29, 0.717) is 5.95 Å². The Kier molecular flexibility index (Phi) is 2.82. The van der Waals surface area contributed by atoms with Gasteiger partial charge in [-0.3, -0.25) is 9.25 Å². The number of rotatable bonds is 3. The molecule has 0 bridgehead atoms. The molecule has 3 heterocycles. The zero-order valence-electron chi connectivity index (χ0n) is 11.3. The fourth-order valence-corrected chi connectivity index (χ4v) is 3.26. The van der Waals surface area contributed by atoms with Crippen LogP contribution in [0.4, 0.5) is 5.95 Å². The van der Waals surface area contributed by atoms with Crippen molar-refractivity contribution in [2.24, 2.45) is 7.05 Å². The Morgan fingerprint density at radius 2 is 2.16 bits per heavy atom. The van der Waals surface area contributed by atoms with Crippen molar-refractivity contribution in [2.45, 2.75) is 26.8 Å². The van der Waals surface area contributed by atoms with Crippen molar-refractivity contribution in [3.8, 4) is 0 Å². The van der Waals surface area contributed by atoms with Crippen molar-refractivity contribution in [1.82, 2.24) is 19.3 Å². The molecule has 0 radical (unpaired) electrons. The molecule has 3 aromatic rings. The number of aromatic nitrogens is 4. The molecule has 0 aliphatic rings. The highest BCUT2D eigenvalue weighted by Crippen LogP contribution is 2.24. The molecule has 0 spiro atoms. The highest BCUT2D eigenvalue weighted by molar-refractivity contribution is 7.11. The van der Waals surface area contributed by atoms with Crippen LogP contribution in [-0.2, 0) is 20.0 Å². The number of nitrogen functional groups attached to an aromatic ring is 1. The standard InChI is InChI=1S/C13H17N5S/c1-4-10-11-12(17(3)16-10)18(13(14)15-11)7-9-6-5-8(2)19-9/h5-6H,4,7H2,1-3H3,(H2,14,15). The maximum atomic E-state index is 6.06. The second kappa shape index (κ2) is 4.38. The van der Waals surface area contributed by atoms with Gasteiger partial charge in [-0.05, 0) is 25.5 Å². The minimum absolute atomic E-state index is 0.559.